The maximum absolute atomic E-state index is 5.50. The van der Waals surface area contributed by atoms with Crippen LogP contribution in [0.1, 0.15) is 30.5 Å². The molecule has 134 valence electrons. The van der Waals surface area contributed by atoms with E-state index in [0.717, 1.165) is 12.8 Å². The number of hydrogen-bond acceptors (Lipinski definition) is 1. The van der Waals surface area contributed by atoms with Gasteiger partial charge in [0.15, 0.2) is 0 Å². The molecule has 26 heavy (non-hydrogen) atoms. The predicted molar refractivity (Wildman–Crippen MR) is 113 cm³/mol. The zero-order chi connectivity index (χ0) is 18.4. The topological polar surface area (TPSA) is 9.23 Å². The molecule has 3 rings (SSSR count). The van der Waals surface area contributed by atoms with Crippen LogP contribution in [0.2, 0.25) is 0 Å². The SMILES string of the molecule is CCc1cc[c]([Bi]([c]2ccc(CC)cc2)[c]2ccccc2COC)cc1. The summed E-state index contributed by atoms with van der Waals surface area (Å²) < 4.78 is 10.1. The predicted octanol–water partition coefficient (Wildman–Crippen LogP) is 3.47. The van der Waals surface area contributed by atoms with E-state index in [1.165, 1.54) is 26.5 Å². The van der Waals surface area contributed by atoms with Gasteiger partial charge in [-0.25, -0.2) is 0 Å². The third kappa shape index (κ3) is 4.42. The van der Waals surface area contributed by atoms with Gasteiger partial charge < -0.3 is 0 Å². The van der Waals surface area contributed by atoms with E-state index in [2.05, 4.69) is 86.6 Å². The van der Waals surface area contributed by atoms with Crippen LogP contribution in [-0.4, -0.2) is 28.9 Å². The van der Waals surface area contributed by atoms with E-state index in [4.69, 9.17) is 4.74 Å². The fourth-order valence-electron chi connectivity index (χ4n) is 3.20. The summed E-state index contributed by atoms with van der Waals surface area (Å²) in [6.45, 7) is 5.11. The van der Waals surface area contributed by atoms with Crippen LogP contribution in [0.4, 0.5) is 0 Å². The van der Waals surface area contributed by atoms with Crippen LogP contribution in [0.15, 0.2) is 72.8 Å². The molecule has 0 unspecified atom stereocenters. The Hall–Kier alpha value is -1.50. The van der Waals surface area contributed by atoms with Crippen LogP contribution in [0, 0.1) is 0 Å². The Labute approximate surface area is 165 Å². The van der Waals surface area contributed by atoms with Gasteiger partial charge in [-0.2, -0.15) is 0 Å². The zero-order valence-corrected chi connectivity index (χ0v) is 19.4. The number of aryl methyl sites for hydroxylation is 2. The zero-order valence-electron chi connectivity index (χ0n) is 15.9. The van der Waals surface area contributed by atoms with Gasteiger partial charge in [-0.1, -0.05) is 0 Å². The molecule has 2 heteroatoms. The van der Waals surface area contributed by atoms with Crippen molar-refractivity contribution in [1.29, 1.82) is 0 Å². The van der Waals surface area contributed by atoms with Crippen molar-refractivity contribution in [2.45, 2.75) is 33.3 Å². The monoisotopic (exact) mass is 540 g/mol. The number of ether oxygens (including phenoxy) is 1. The van der Waals surface area contributed by atoms with Gasteiger partial charge in [0.2, 0.25) is 0 Å². The summed E-state index contributed by atoms with van der Waals surface area (Å²) in [4.78, 5) is 0. The molecule has 0 heterocycles. The molecular weight excluding hydrogens is 513 g/mol. The van der Waals surface area contributed by atoms with Crippen LogP contribution in [0.5, 0.6) is 0 Å². The summed E-state index contributed by atoms with van der Waals surface area (Å²) in [5, 5.41) is 0. The number of methoxy groups -OCH3 is 1. The number of hydrogen-bond donors (Lipinski definition) is 0. The van der Waals surface area contributed by atoms with Gasteiger partial charge >= 0.3 is 166 Å². The standard InChI is InChI=1S/C8H9O.2C8H9.Bi/c1-9-7-8-5-3-2-4-6-8;2*1-2-8-6-4-3-5-7-8;/h2-5H,7H2,1H3;2*4-7H,2H2,1H3;. The van der Waals surface area contributed by atoms with E-state index < -0.39 is 21.8 Å². The number of benzene rings is 3. The molecule has 0 aliphatic heterocycles. The van der Waals surface area contributed by atoms with Crippen molar-refractivity contribution in [3.63, 3.8) is 0 Å². The van der Waals surface area contributed by atoms with E-state index in [9.17, 15) is 0 Å². The van der Waals surface area contributed by atoms with Crippen LogP contribution in [0.3, 0.4) is 0 Å². The van der Waals surface area contributed by atoms with Crippen molar-refractivity contribution in [2.75, 3.05) is 7.11 Å². The van der Waals surface area contributed by atoms with Crippen molar-refractivity contribution >= 4 is 31.6 Å². The van der Waals surface area contributed by atoms with E-state index in [1.807, 2.05) is 0 Å². The molecule has 0 radical (unpaired) electrons. The van der Waals surface area contributed by atoms with Crippen molar-refractivity contribution < 1.29 is 4.74 Å². The average Bonchev–Trinajstić information content (AvgIpc) is 2.71. The quantitative estimate of drug-likeness (QED) is 0.418. The Bertz CT molecular complexity index is 774. The van der Waals surface area contributed by atoms with Gasteiger partial charge in [0.05, 0.1) is 0 Å². The third-order valence-electron chi connectivity index (χ3n) is 4.74. The fraction of sp³-hybridized carbons (Fsp3) is 0.250. The van der Waals surface area contributed by atoms with E-state index in [1.54, 1.807) is 7.11 Å². The molecule has 0 aliphatic rings. The molecule has 0 amide bonds. The third-order valence-corrected chi connectivity index (χ3v) is 14.6. The van der Waals surface area contributed by atoms with Crippen LogP contribution in [-0.2, 0) is 24.2 Å². The second-order valence-corrected chi connectivity index (χ2v) is 14.9. The minimum absolute atomic E-state index is 0.683. The van der Waals surface area contributed by atoms with Gasteiger partial charge in [0, 0.05) is 0 Å². The molecule has 3 aromatic carbocycles. The Kier molecular flexibility index (Phi) is 7.00. The van der Waals surface area contributed by atoms with Gasteiger partial charge in [-0.3, -0.25) is 0 Å². The Morgan fingerprint density at radius 2 is 1.19 bits per heavy atom. The summed E-state index contributed by atoms with van der Waals surface area (Å²) >= 11 is -2.34. The first-order valence-electron chi connectivity index (χ1n) is 9.31. The Balaban J connectivity index is 2.11. The second kappa shape index (κ2) is 9.44. The minimum atomic E-state index is -2.34. The van der Waals surface area contributed by atoms with E-state index in [0.29, 0.717) is 6.61 Å². The summed E-state index contributed by atoms with van der Waals surface area (Å²) in [5.74, 6) is 0. The van der Waals surface area contributed by atoms with Crippen molar-refractivity contribution in [3.8, 4) is 0 Å². The molecule has 0 atom stereocenters. The van der Waals surface area contributed by atoms with Crippen molar-refractivity contribution in [1.82, 2.24) is 0 Å². The molecule has 0 aromatic heterocycles. The Morgan fingerprint density at radius 3 is 1.65 bits per heavy atom. The summed E-state index contributed by atoms with van der Waals surface area (Å²) in [6, 6.07) is 27.5. The normalized spacial score (nSPS) is 11.1. The molecule has 0 saturated carbocycles. The Morgan fingerprint density at radius 1 is 0.692 bits per heavy atom. The van der Waals surface area contributed by atoms with Crippen LogP contribution >= 0.6 is 0 Å². The maximum atomic E-state index is 5.50. The molecule has 0 fully saturated rings. The van der Waals surface area contributed by atoms with E-state index >= 15 is 0 Å². The first kappa shape index (κ1) is 19.3. The summed E-state index contributed by atoms with van der Waals surface area (Å²) in [6.07, 6.45) is 2.18. The summed E-state index contributed by atoms with van der Waals surface area (Å²) in [7, 11) is 1.78. The van der Waals surface area contributed by atoms with Crippen LogP contribution < -0.4 is 9.81 Å². The molecular formula is C24H27BiO. The molecule has 0 spiro atoms. The van der Waals surface area contributed by atoms with E-state index in [-0.39, 0.29) is 0 Å². The van der Waals surface area contributed by atoms with Gasteiger partial charge in [-0.15, -0.1) is 0 Å². The molecule has 0 bridgehead atoms. The number of rotatable bonds is 7. The van der Waals surface area contributed by atoms with Gasteiger partial charge in [-0.05, 0) is 0 Å². The molecule has 1 nitrogen and oxygen atoms in total. The van der Waals surface area contributed by atoms with Gasteiger partial charge in [0.25, 0.3) is 0 Å². The van der Waals surface area contributed by atoms with Crippen molar-refractivity contribution in [2.24, 2.45) is 0 Å². The fourth-order valence-corrected chi connectivity index (χ4v) is 12.6. The molecule has 3 aromatic rings. The molecule has 0 aliphatic carbocycles. The van der Waals surface area contributed by atoms with Gasteiger partial charge in [0.1, 0.15) is 0 Å². The second-order valence-electron chi connectivity index (χ2n) is 6.44. The summed E-state index contributed by atoms with van der Waals surface area (Å²) in [5.41, 5.74) is 4.15. The van der Waals surface area contributed by atoms with Crippen LogP contribution in [0.25, 0.3) is 0 Å². The molecule has 0 N–H and O–H groups in total. The molecule has 0 saturated heterocycles. The first-order valence-corrected chi connectivity index (χ1v) is 14.5. The first-order chi connectivity index (χ1) is 12.8. The van der Waals surface area contributed by atoms with Crippen molar-refractivity contribution in [3.05, 3.63) is 89.5 Å². The average molecular weight is 540 g/mol.